The Morgan fingerprint density at radius 1 is 1.10 bits per heavy atom. The summed E-state index contributed by atoms with van der Waals surface area (Å²) in [6, 6.07) is 16.1. The molecule has 3 heterocycles. The van der Waals surface area contributed by atoms with Gasteiger partial charge in [0.15, 0.2) is 0 Å². The smallest absolute Gasteiger partial charge is 0.254 e. The van der Waals surface area contributed by atoms with Gasteiger partial charge in [0.25, 0.3) is 5.91 Å². The van der Waals surface area contributed by atoms with Crippen molar-refractivity contribution in [2.24, 2.45) is 5.92 Å². The summed E-state index contributed by atoms with van der Waals surface area (Å²) in [4.78, 5) is 19.2. The fourth-order valence-electron chi connectivity index (χ4n) is 4.49. The molecule has 1 N–H and O–H groups in total. The van der Waals surface area contributed by atoms with Gasteiger partial charge in [0.1, 0.15) is 12.7 Å². The summed E-state index contributed by atoms with van der Waals surface area (Å²) < 4.78 is 1.81. The molecule has 0 unspecified atom stereocenters. The third-order valence-corrected chi connectivity index (χ3v) is 5.78. The van der Waals surface area contributed by atoms with E-state index in [1.807, 2.05) is 39.8 Å². The first-order valence-corrected chi connectivity index (χ1v) is 9.99. The molecule has 1 atom stereocenters. The molecule has 0 saturated heterocycles. The van der Waals surface area contributed by atoms with Crippen LogP contribution in [0.2, 0.25) is 0 Å². The molecule has 2 aromatic carbocycles. The van der Waals surface area contributed by atoms with Gasteiger partial charge < -0.3 is 9.88 Å². The number of carbonyl (C=O) groups is 1. The summed E-state index contributed by atoms with van der Waals surface area (Å²) in [5.41, 5.74) is 5.23. The van der Waals surface area contributed by atoms with E-state index < -0.39 is 0 Å². The number of para-hydroxylation sites is 1. The highest BCUT2D eigenvalue weighted by atomic mass is 16.2. The molecule has 0 bridgehead atoms. The molecule has 0 fully saturated rings. The standard InChI is InChI=1S/C23H23N5O/c1-15(2)22-21-19(18-8-3-4-9-20(18)26-21)10-11-28(22)23(29)16-6-5-7-17(12-16)27-13-24-25-14-27/h3-9,12-15,22,26H,10-11H2,1-2H3/t22-/m0/s1. The lowest BCUT2D eigenvalue weighted by Crippen LogP contribution is -2.42. The number of hydrogen-bond acceptors (Lipinski definition) is 3. The largest absolute Gasteiger partial charge is 0.356 e. The van der Waals surface area contributed by atoms with Crippen LogP contribution in [0, 0.1) is 5.92 Å². The lowest BCUT2D eigenvalue weighted by Gasteiger charge is -2.38. The molecule has 1 amide bonds. The molecule has 5 rings (SSSR count). The van der Waals surface area contributed by atoms with Gasteiger partial charge in [0, 0.05) is 34.4 Å². The number of nitrogens with zero attached hydrogens (tertiary/aromatic N) is 4. The second-order valence-electron chi connectivity index (χ2n) is 7.92. The first-order chi connectivity index (χ1) is 14.1. The summed E-state index contributed by atoms with van der Waals surface area (Å²) >= 11 is 0. The van der Waals surface area contributed by atoms with Crippen LogP contribution in [-0.2, 0) is 6.42 Å². The van der Waals surface area contributed by atoms with Crippen LogP contribution < -0.4 is 0 Å². The number of aromatic nitrogens is 4. The number of fused-ring (bicyclic) bond motifs is 3. The van der Waals surface area contributed by atoms with Gasteiger partial charge in [-0.3, -0.25) is 9.36 Å². The molecule has 146 valence electrons. The van der Waals surface area contributed by atoms with Gasteiger partial charge in [-0.25, -0.2) is 0 Å². The molecular formula is C23H23N5O. The van der Waals surface area contributed by atoms with E-state index in [0.717, 1.165) is 17.6 Å². The second kappa shape index (κ2) is 6.88. The highest BCUT2D eigenvalue weighted by molar-refractivity contribution is 5.96. The van der Waals surface area contributed by atoms with Crippen LogP contribution in [0.5, 0.6) is 0 Å². The van der Waals surface area contributed by atoms with Gasteiger partial charge in [0.2, 0.25) is 0 Å². The Balaban J connectivity index is 1.54. The topological polar surface area (TPSA) is 66.8 Å². The summed E-state index contributed by atoms with van der Waals surface area (Å²) in [6.07, 6.45) is 4.13. The zero-order chi connectivity index (χ0) is 20.0. The average molecular weight is 385 g/mol. The molecule has 0 radical (unpaired) electrons. The number of aromatic amines is 1. The summed E-state index contributed by atoms with van der Waals surface area (Å²) in [6.45, 7) is 5.08. The lowest BCUT2D eigenvalue weighted by molar-refractivity contribution is 0.0598. The van der Waals surface area contributed by atoms with E-state index >= 15 is 0 Å². The molecule has 29 heavy (non-hydrogen) atoms. The van der Waals surface area contributed by atoms with Crippen LogP contribution in [0.3, 0.4) is 0 Å². The molecule has 0 spiro atoms. The molecule has 0 aliphatic carbocycles. The number of hydrogen-bond donors (Lipinski definition) is 1. The number of carbonyl (C=O) groups excluding carboxylic acids is 1. The van der Waals surface area contributed by atoms with Gasteiger partial charge in [-0.2, -0.15) is 0 Å². The number of amides is 1. The van der Waals surface area contributed by atoms with Gasteiger partial charge in [-0.05, 0) is 42.2 Å². The number of nitrogens with one attached hydrogen (secondary N) is 1. The Kier molecular flexibility index (Phi) is 4.19. The van der Waals surface area contributed by atoms with Crippen molar-refractivity contribution in [2.45, 2.75) is 26.3 Å². The van der Waals surface area contributed by atoms with Crippen molar-refractivity contribution in [3.63, 3.8) is 0 Å². The highest BCUT2D eigenvalue weighted by Gasteiger charge is 2.35. The Bertz CT molecular complexity index is 1180. The predicted octanol–water partition coefficient (Wildman–Crippen LogP) is 4.14. The quantitative estimate of drug-likeness (QED) is 0.576. The average Bonchev–Trinajstić information content (AvgIpc) is 3.40. The van der Waals surface area contributed by atoms with Crippen LogP contribution in [0.4, 0.5) is 0 Å². The molecule has 1 aliphatic heterocycles. The van der Waals surface area contributed by atoms with E-state index in [1.165, 1.54) is 16.6 Å². The van der Waals surface area contributed by atoms with Crippen LogP contribution in [-0.4, -0.2) is 37.1 Å². The van der Waals surface area contributed by atoms with Crippen molar-refractivity contribution in [1.82, 2.24) is 24.6 Å². The van der Waals surface area contributed by atoms with E-state index in [9.17, 15) is 4.79 Å². The third-order valence-electron chi connectivity index (χ3n) is 5.78. The van der Waals surface area contributed by atoms with Crippen molar-refractivity contribution in [3.05, 3.63) is 78.0 Å². The zero-order valence-electron chi connectivity index (χ0n) is 16.5. The number of benzene rings is 2. The summed E-state index contributed by atoms with van der Waals surface area (Å²) in [5, 5.41) is 8.99. The van der Waals surface area contributed by atoms with Gasteiger partial charge >= 0.3 is 0 Å². The van der Waals surface area contributed by atoms with Crippen LogP contribution in [0.25, 0.3) is 16.6 Å². The maximum atomic E-state index is 13.5. The monoisotopic (exact) mass is 385 g/mol. The third kappa shape index (κ3) is 2.92. The molecule has 6 heteroatoms. The summed E-state index contributed by atoms with van der Waals surface area (Å²) in [7, 11) is 0. The Labute approximate surface area is 169 Å². The van der Waals surface area contributed by atoms with Crippen molar-refractivity contribution in [1.29, 1.82) is 0 Å². The van der Waals surface area contributed by atoms with E-state index in [-0.39, 0.29) is 11.9 Å². The lowest BCUT2D eigenvalue weighted by atomic mass is 9.89. The van der Waals surface area contributed by atoms with Gasteiger partial charge in [0.05, 0.1) is 6.04 Å². The molecule has 0 saturated carbocycles. The normalized spacial score (nSPS) is 16.4. The molecule has 4 aromatic rings. The molecule has 2 aromatic heterocycles. The van der Waals surface area contributed by atoms with E-state index in [2.05, 4.69) is 47.2 Å². The Hall–Kier alpha value is -3.41. The first-order valence-electron chi connectivity index (χ1n) is 9.99. The number of rotatable bonds is 3. The fourth-order valence-corrected chi connectivity index (χ4v) is 4.49. The van der Waals surface area contributed by atoms with Crippen molar-refractivity contribution >= 4 is 16.8 Å². The van der Waals surface area contributed by atoms with Gasteiger partial charge in [-0.1, -0.05) is 38.1 Å². The zero-order valence-corrected chi connectivity index (χ0v) is 16.5. The minimum atomic E-state index is 0.0252. The highest BCUT2D eigenvalue weighted by Crippen LogP contribution is 2.39. The van der Waals surface area contributed by atoms with Crippen LogP contribution >= 0.6 is 0 Å². The van der Waals surface area contributed by atoms with E-state index in [4.69, 9.17) is 0 Å². The fraction of sp³-hybridized carbons (Fsp3) is 0.261. The molecular weight excluding hydrogens is 362 g/mol. The second-order valence-corrected chi connectivity index (χ2v) is 7.92. The minimum Gasteiger partial charge on any atom is -0.356 e. The minimum absolute atomic E-state index is 0.0252. The number of H-pyrrole nitrogens is 1. The SMILES string of the molecule is CC(C)[C@H]1c2[nH]c3ccccc3c2CCN1C(=O)c1cccc(-n2cnnc2)c1. The Morgan fingerprint density at radius 2 is 1.90 bits per heavy atom. The Morgan fingerprint density at radius 3 is 2.69 bits per heavy atom. The van der Waals surface area contributed by atoms with Gasteiger partial charge in [-0.15, -0.1) is 10.2 Å². The van der Waals surface area contributed by atoms with Crippen LogP contribution in [0.1, 0.15) is 41.5 Å². The van der Waals surface area contributed by atoms with Crippen molar-refractivity contribution in [3.8, 4) is 5.69 Å². The van der Waals surface area contributed by atoms with E-state index in [1.54, 1.807) is 12.7 Å². The maximum absolute atomic E-state index is 13.5. The summed E-state index contributed by atoms with van der Waals surface area (Å²) in [5.74, 6) is 0.357. The maximum Gasteiger partial charge on any atom is 0.254 e. The molecule has 6 nitrogen and oxygen atoms in total. The van der Waals surface area contributed by atoms with Crippen molar-refractivity contribution < 1.29 is 4.79 Å². The van der Waals surface area contributed by atoms with Crippen molar-refractivity contribution in [2.75, 3.05) is 6.54 Å². The molecule has 1 aliphatic rings. The predicted molar refractivity (Wildman–Crippen MR) is 112 cm³/mol. The van der Waals surface area contributed by atoms with Crippen LogP contribution in [0.15, 0.2) is 61.2 Å². The first kappa shape index (κ1) is 17.7. The van der Waals surface area contributed by atoms with E-state index in [0.29, 0.717) is 18.0 Å².